The van der Waals surface area contributed by atoms with Crippen LogP contribution in [0.2, 0.25) is 0 Å². The Labute approximate surface area is 230 Å². The Bertz CT molecular complexity index is 1360. The minimum atomic E-state index is -1.58. The summed E-state index contributed by atoms with van der Waals surface area (Å²) in [5.74, 6) is -6.84. The topological polar surface area (TPSA) is 154 Å². The predicted octanol–water partition coefficient (Wildman–Crippen LogP) is 4.38. The van der Waals surface area contributed by atoms with Crippen molar-refractivity contribution in [1.29, 1.82) is 0 Å². The van der Waals surface area contributed by atoms with E-state index in [1.807, 2.05) is 0 Å². The van der Waals surface area contributed by atoms with E-state index < -0.39 is 46.1 Å². The number of nitrogens with one attached hydrogen (secondary N) is 2. The molecular formula is C29H29N3O8. The molecule has 0 aliphatic heterocycles. The number of hydrogen-bond donors (Lipinski definition) is 2. The van der Waals surface area contributed by atoms with Crippen LogP contribution in [0.4, 0.5) is 17.1 Å². The maximum absolute atomic E-state index is 13.7. The molecule has 0 saturated carbocycles. The lowest BCUT2D eigenvalue weighted by Gasteiger charge is -2.30. The lowest BCUT2D eigenvalue weighted by molar-refractivity contribution is -0.384. The molecule has 11 heteroatoms. The lowest BCUT2D eigenvalue weighted by Crippen LogP contribution is -2.43. The van der Waals surface area contributed by atoms with Gasteiger partial charge < -0.3 is 20.1 Å². The quantitative estimate of drug-likeness (QED) is 0.192. The average Bonchev–Trinajstić information content (AvgIpc) is 2.92. The first kappa shape index (κ1) is 29.5. The molecule has 0 heterocycles. The summed E-state index contributed by atoms with van der Waals surface area (Å²) in [7, 11) is 2.82. The average molecular weight is 548 g/mol. The van der Waals surface area contributed by atoms with Gasteiger partial charge in [0.1, 0.15) is 34.9 Å². The summed E-state index contributed by atoms with van der Waals surface area (Å²) < 4.78 is 10.6. The van der Waals surface area contributed by atoms with Crippen molar-refractivity contribution in [3.63, 3.8) is 0 Å². The monoisotopic (exact) mass is 547 g/mol. The number of ketones is 2. The predicted molar refractivity (Wildman–Crippen MR) is 147 cm³/mol. The third kappa shape index (κ3) is 6.68. The Morgan fingerprint density at radius 1 is 0.725 bits per heavy atom. The van der Waals surface area contributed by atoms with Crippen LogP contribution in [-0.2, 0) is 19.2 Å². The number of amides is 2. The molecule has 0 aliphatic rings. The third-order valence-electron chi connectivity index (χ3n) is 6.35. The minimum Gasteiger partial charge on any atom is -0.495 e. The second-order valence-corrected chi connectivity index (χ2v) is 8.93. The van der Waals surface area contributed by atoms with Crippen molar-refractivity contribution in [2.75, 3.05) is 24.9 Å². The van der Waals surface area contributed by atoms with Crippen LogP contribution in [0.5, 0.6) is 11.5 Å². The number of carbonyl (C=O) groups is 4. The standard InChI is InChI=1S/C29H29N3O8/c1-17(33)25(28(35)30-21-12-5-7-14-23(21)39-3)27(19-10-9-11-20(16-19)32(37)38)26(18(2)34)29(36)31-22-13-6-8-15-24(22)40-4/h5-16,25-27H,1-4H3,(H,30,35)(H,31,36). The molecule has 0 fully saturated rings. The van der Waals surface area contributed by atoms with Gasteiger partial charge in [0.05, 0.1) is 30.5 Å². The Balaban J connectivity index is 2.16. The number of nitrogens with zero attached hydrogens (tertiary/aromatic N) is 1. The van der Waals surface area contributed by atoms with Crippen molar-refractivity contribution in [2.45, 2.75) is 19.8 Å². The molecule has 0 bridgehead atoms. The summed E-state index contributed by atoms with van der Waals surface area (Å²) in [6, 6.07) is 18.2. The maximum Gasteiger partial charge on any atom is 0.269 e. The van der Waals surface area contributed by atoms with Crippen LogP contribution >= 0.6 is 0 Å². The third-order valence-corrected chi connectivity index (χ3v) is 6.35. The van der Waals surface area contributed by atoms with E-state index in [1.165, 1.54) is 32.4 Å². The molecule has 0 aromatic heterocycles. The molecule has 0 spiro atoms. The Morgan fingerprint density at radius 3 is 1.57 bits per heavy atom. The van der Waals surface area contributed by atoms with Gasteiger partial charge in [-0.2, -0.15) is 0 Å². The van der Waals surface area contributed by atoms with Gasteiger partial charge >= 0.3 is 0 Å². The highest BCUT2D eigenvalue weighted by Gasteiger charge is 2.44. The number of anilines is 2. The zero-order valence-corrected chi connectivity index (χ0v) is 22.4. The molecule has 40 heavy (non-hydrogen) atoms. The molecule has 2 amide bonds. The summed E-state index contributed by atoms with van der Waals surface area (Å²) in [5, 5.41) is 16.9. The first-order valence-corrected chi connectivity index (χ1v) is 12.2. The van der Waals surface area contributed by atoms with Gasteiger partial charge in [-0.15, -0.1) is 0 Å². The second-order valence-electron chi connectivity index (χ2n) is 8.93. The van der Waals surface area contributed by atoms with E-state index in [9.17, 15) is 29.3 Å². The van der Waals surface area contributed by atoms with Crippen LogP contribution in [0.1, 0.15) is 25.3 Å². The number of para-hydroxylation sites is 4. The zero-order valence-electron chi connectivity index (χ0n) is 22.4. The molecule has 3 rings (SSSR count). The van der Waals surface area contributed by atoms with Gasteiger partial charge in [-0.25, -0.2) is 0 Å². The van der Waals surface area contributed by atoms with E-state index in [4.69, 9.17) is 9.47 Å². The van der Waals surface area contributed by atoms with Gasteiger partial charge in [-0.05, 0) is 43.7 Å². The van der Waals surface area contributed by atoms with Crippen molar-refractivity contribution in [3.8, 4) is 11.5 Å². The number of rotatable bonds is 12. The Kier molecular flexibility index (Phi) is 9.69. The normalized spacial score (nSPS) is 12.8. The van der Waals surface area contributed by atoms with Gasteiger partial charge in [0.15, 0.2) is 0 Å². The molecular weight excluding hydrogens is 518 g/mol. The van der Waals surface area contributed by atoms with Crippen molar-refractivity contribution in [2.24, 2.45) is 11.8 Å². The van der Waals surface area contributed by atoms with E-state index in [0.29, 0.717) is 11.5 Å². The van der Waals surface area contributed by atoms with E-state index in [0.717, 1.165) is 19.9 Å². The van der Waals surface area contributed by atoms with E-state index in [1.54, 1.807) is 48.5 Å². The molecule has 208 valence electrons. The van der Waals surface area contributed by atoms with E-state index in [2.05, 4.69) is 10.6 Å². The zero-order chi connectivity index (χ0) is 29.4. The van der Waals surface area contributed by atoms with Gasteiger partial charge in [0.25, 0.3) is 5.69 Å². The molecule has 0 saturated heterocycles. The van der Waals surface area contributed by atoms with Crippen LogP contribution in [0.3, 0.4) is 0 Å². The summed E-state index contributed by atoms with van der Waals surface area (Å²) in [5.41, 5.74) is 0.288. The SMILES string of the molecule is COc1ccccc1NC(=O)C(C(C)=O)C(c1cccc([N+](=O)[O-])c1)C(C(C)=O)C(=O)Nc1ccccc1OC. The van der Waals surface area contributed by atoms with Gasteiger partial charge in [0, 0.05) is 18.1 Å². The molecule has 2 N–H and O–H groups in total. The molecule has 11 nitrogen and oxygen atoms in total. The minimum absolute atomic E-state index is 0.0972. The van der Waals surface area contributed by atoms with Gasteiger partial charge in [-0.1, -0.05) is 36.4 Å². The first-order chi connectivity index (χ1) is 19.1. The number of non-ortho nitro benzene ring substituents is 1. The van der Waals surface area contributed by atoms with Crippen molar-refractivity contribution >= 4 is 40.4 Å². The fourth-order valence-electron chi connectivity index (χ4n) is 4.54. The maximum atomic E-state index is 13.7. The lowest BCUT2D eigenvalue weighted by atomic mass is 9.72. The smallest absolute Gasteiger partial charge is 0.269 e. The fourth-order valence-corrected chi connectivity index (χ4v) is 4.54. The molecule has 0 aliphatic carbocycles. The number of nitro groups is 1. The molecule has 0 radical (unpaired) electrons. The largest absolute Gasteiger partial charge is 0.495 e. The number of methoxy groups -OCH3 is 2. The van der Waals surface area contributed by atoms with Crippen LogP contribution in [0.15, 0.2) is 72.8 Å². The van der Waals surface area contributed by atoms with E-state index in [-0.39, 0.29) is 22.6 Å². The van der Waals surface area contributed by atoms with Gasteiger partial charge in [-0.3, -0.25) is 29.3 Å². The molecule has 3 aromatic carbocycles. The number of nitro benzene ring substituents is 1. The Morgan fingerprint density at radius 2 is 1.18 bits per heavy atom. The molecule has 3 aromatic rings. The van der Waals surface area contributed by atoms with Crippen LogP contribution in [0.25, 0.3) is 0 Å². The summed E-state index contributed by atoms with van der Waals surface area (Å²) in [6.45, 7) is 2.32. The number of hydrogen-bond acceptors (Lipinski definition) is 8. The number of benzene rings is 3. The van der Waals surface area contributed by atoms with Crippen molar-refractivity contribution in [1.82, 2.24) is 0 Å². The number of ether oxygens (including phenoxy) is 2. The van der Waals surface area contributed by atoms with E-state index >= 15 is 0 Å². The van der Waals surface area contributed by atoms with Crippen LogP contribution in [-0.4, -0.2) is 42.5 Å². The number of carbonyl (C=O) groups excluding carboxylic acids is 4. The Hall–Kier alpha value is -5.06. The summed E-state index contributed by atoms with van der Waals surface area (Å²) in [4.78, 5) is 64.4. The van der Waals surface area contributed by atoms with Crippen LogP contribution in [0, 0.1) is 22.0 Å². The van der Waals surface area contributed by atoms with Crippen molar-refractivity contribution < 1.29 is 33.6 Å². The highest BCUT2D eigenvalue weighted by atomic mass is 16.6. The first-order valence-electron chi connectivity index (χ1n) is 12.2. The molecule has 2 unspecified atom stereocenters. The summed E-state index contributed by atoms with van der Waals surface area (Å²) in [6.07, 6.45) is 0. The number of Topliss-reactive ketones (excluding diaryl/α,β-unsaturated/α-hetero) is 2. The highest BCUT2D eigenvalue weighted by molar-refractivity contribution is 6.12. The second kappa shape index (κ2) is 13.1. The fraction of sp³-hybridized carbons (Fsp3) is 0.241. The van der Waals surface area contributed by atoms with Crippen molar-refractivity contribution in [3.05, 3.63) is 88.5 Å². The highest BCUT2D eigenvalue weighted by Crippen LogP contribution is 2.38. The van der Waals surface area contributed by atoms with Gasteiger partial charge in [0.2, 0.25) is 11.8 Å². The summed E-state index contributed by atoms with van der Waals surface area (Å²) >= 11 is 0. The molecule has 2 atom stereocenters. The van der Waals surface area contributed by atoms with Crippen LogP contribution < -0.4 is 20.1 Å².